The monoisotopic (exact) mass is 303 g/mol. The number of anilines is 1. The van der Waals surface area contributed by atoms with E-state index < -0.39 is 0 Å². The Kier molecular flexibility index (Phi) is 4.95. The van der Waals surface area contributed by atoms with Crippen LogP contribution >= 0.6 is 0 Å². The summed E-state index contributed by atoms with van der Waals surface area (Å²) in [5.41, 5.74) is 9.06. The van der Waals surface area contributed by atoms with Gasteiger partial charge >= 0.3 is 0 Å². The summed E-state index contributed by atoms with van der Waals surface area (Å²) in [5, 5.41) is 0. The van der Waals surface area contributed by atoms with Gasteiger partial charge in [-0.3, -0.25) is 0 Å². The summed E-state index contributed by atoms with van der Waals surface area (Å²) >= 11 is 0. The molecule has 0 fully saturated rings. The first kappa shape index (κ1) is 15.2. The molecular weight excluding hydrogens is 282 g/mol. The molecule has 0 spiro atoms. The van der Waals surface area contributed by atoms with Gasteiger partial charge in [0.2, 0.25) is 0 Å². The van der Waals surface area contributed by atoms with Crippen molar-refractivity contribution in [2.45, 2.75) is 18.9 Å². The van der Waals surface area contributed by atoms with Crippen LogP contribution in [0.5, 0.6) is 5.75 Å². The summed E-state index contributed by atoms with van der Waals surface area (Å²) in [6, 6.07) is 28.5. The van der Waals surface area contributed by atoms with E-state index in [1.165, 1.54) is 11.1 Å². The molecule has 0 atom stereocenters. The van der Waals surface area contributed by atoms with Gasteiger partial charge in [0.05, 0.1) is 0 Å². The fourth-order valence-electron chi connectivity index (χ4n) is 2.65. The van der Waals surface area contributed by atoms with E-state index in [-0.39, 0.29) is 6.10 Å². The fourth-order valence-corrected chi connectivity index (χ4v) is 2.65. The van der Waals surface area contributed by atoms with Crippen LogP contribution in [0.25, 0.3) is 0 Å². The van der Waals surface area contributed by atoms with E-state index in [9.17, 15) is 0 Å². The Labute approximate surface area is 137 Å². The zero-order valence-electron chi connectivity index (χ0n) is 13.1. The second kappa shape index (κ2) is 7.50. The lowest BCUT2D eigenvalue weighted by Gasteiger charge is -2.20. The average Bonchev–Trinajstić information content (AvgIpc) is 2.59. The lowest BCUT2D eigenvalue weighted by Crippen LogP contribution is -2.22. The molecule has 0 aliphatic carbocycles. The molecule has 0 unspecified atom stereocenters. The third-order valence-corrected chi connectivity index (χ3v) is 3.80. The Bertz CT molecular complexity index is 666. The second-order valence-corrected chi connectivity index (χ2v) is 5.69. The van der Waals surface area contributed by atoms with Crippen molar-refractivity contribution >= 4 is 5.69 Å². The molecule has 0 bridgehead atoms. The van der Waals surface area contributed by atoms with Crippen LogP contribution in [0, 0.1) is 0 Å². The number of rotatable bonds is 6. The number of hydrogen-bond acceptors (Lipinski definition) is 2. The molecular formula is C21H21NO. The summed E-state index contributed by atoms with van der Waals surface area (Å²) in [6.07, 6.45) is 1.84. The van der Waals surface area contributed by atoms with Gasteiger partial charge in [0.15, 0.2) is 0 Å². The van der Waals surface area contributed by atoms with Crippen LogP contribution in [0.15, 0.2) is 84.9 Å². The van der Waals surface area contributed by atoms with Crippen molar-refractivity contribution in [2.75, 3.05) is 5.73 Å². The SMILES string of the molecule is Nc1ccc(OC(Cc2ccccc2)Cc2ccccc2)cc1. The zero-order chi connectivity index (χ0) is 15.9. The largest absolute Gasteiger partial charge is 0.490 e. The maximum atomic E-state index is 6.22. The van der Waals surface area contributed by atoms with E-state index in [1.54, 1.807) is 0 Å². The molecule has 2 nitrogen and oxygen atoms in total. The molecule has 0 saturated carbocycles. The Hall–Kier alpha value is -2.74. The van der Waals surface area contributed by atoms with Crippen molar-refractivity contribution in [2.24, 2.45) is 0 Å². The Morgan fingerprint density at radius 2 is 1.13 bits per heavy atom. The average molecular weight is 303 g/mol. The molecule has 23 heavy (non-hydrogen) atoms. The molecule has 0 radical (unpaired) electrons. The number of hydrogen-bond donors (Lipinski definition) is 1. The Morgan fingerprint density at radius 1 is 0.652 bits per heavy atom. The van der Waals surface area contributed by atoms with Crippen molar-refractivity contribution in [1.82, 2.24) is 0 Å². The lowest BCUT2D eigenvalue weighted by atomic mass is 10.0. The highest BCUT2D eigenvalue weighted by atomic mass is 16.5. The molecule has 2 N–H and O–H groups in total. The van der Waals surface area contributed by atoms with E-state index in [2.05, 4.69) is 48.5 Å². The molecule has 3 aromatic carbocycles. The minimum Gasteiger partial charge on any atom is -0.490 e. The highest BCUT2D eigenvalue weighted by molar-refractivity contribution is 5.41. The topological polar surface area (TPSA) is 35.2 Å². The molecule has 116 valence electrons. The number of nitrogen functional groups attached to an aromatic ring is 1. The molecule has 2 heteroatoms. The smallest absolute Gasteiger partial charge is 0.119 e. The van der Waals surface area contributed by atoms with E-state index in [0.29, 0.717) is 0 Å². The van der Waals surface area contributed by atoms with Gasteiger partial charge in [0, 0.05) is 18.5 Å². The quantitative estimate of drug-likeness (QED) is 0.680. The molecule has 3 aromatic rings. The van der Waals surface area contributed by atoms with Crippen LogP contribution in [0.1, 0.15) is 11.1 Å². The van der Waals surface area contributed by atoms with Crippen molar-refractivity contribution in [3.63, 3.8) is 0 Å². The molecule has 3 rings (SSSR count). The van der Waals surface area contributed by atoms with Crippen LogP contribution in [0.2, 0.25) is 0 Å². The summed E-state index contributed by atoms with van der Waals surface area (Å²) < 4.78 is 6.22. The van der Waals surface area contributed by atoms with E-state index in [1.807, 2.05) is 36.4 Å². The Morgan fingerprint density at radius 3 is 1.61 bits per heavy atom. The van der Waals surface area contributed by atoms with Gasteiger partial charge in [0.1, 0.15) is 11.9 Å². The van der Waals surface area contributed by atoms with Gasteiger partial charge < -0.3 is 10.5 Å². The van der Waals surface area contributed by atoms with E-state index in [4.69, 9.17) is 10.5 Å². The number of ether oxygens (including phenoxy) is 1. The van der Waals surface area contributed by atoms with Gasteiger partial charge in [-0.1, -0.05) is 60.7 Å². The fraction of sp³-hybridized carbons (Fsp3) is 0.143. The minimum atomic E-state index is 0.0865. The van der Waals surface area contributed by atoms with Crippen LogP contribution in [-0.2, 0) is 12.8 Å². The summed E-state index contributed by atoms with van der Waals surface area (Å²) in [6.45, 7) is 0. The third kappa shape index (κ3) is 4.62. The number of nitrogens with two attached hydrogens (primary N) is 1. The molecule has 0 amide bonds. The molecule has 0 aliphatic rings. The predicted molar refractivity (Wildman–Crippen MR) is 95.6 cm³/mol. The molecule has 0 aromatic heterocycles. The highest BCUT2D eigenvalue weighted by Crippen LogP contribution is 2.19. The van der Waals surface area contributed by atoms with Crippen LogP contribution in [0.4, 0.5) is 5.69 Å². The maximum absolute atomic E-state index is 6.22. The summed E-state index contributed by atoms with van der Waals surface area (Å²) in [7, 11) is 0. The Balaban J connectivity index is 1.76. The predicted octanol–water partition coefficient (Wildman–Crippen LogP) is 4.50. The van der Waals surface area contributed by atoms with Gasteiger partial charge in [-0.25, -0.2) is 0 Å². The lowest BCUT2D eigenvalue weighted by molar-refractivity contribution is 0.202. The van der Waals surface area contributed by atoms with Crippen molar-refractivity contribution in [3.05, 3.63) is 96.1 Å². The van der Waals surface area contributed by atoms with Gasteiger partial charge in [-0.2, -0.15) is 0 Å². The van der Waals surface area contributed by atoms with E-state index >= 15 is 0 Å². The van der Waals surface area contributed by atoms with E-state index in [0.717, 1.165) is 24.3 Å². The summed E-state index contributed by atoms with van der Waals surface area (Å²) in [5.74, 6) is 0.857. The van der Waals surface area contributed by atoms with Crippen LogP contribution in [0.3, 0.4) is 0 Å². The first-order valence-electron chi connectivity index (χ1n) is 7.89. The van der Waals surface area contributed by atoms with Crippen LogP contribution < -0.4 is 10.5 Å². The molecule has 0 saturated heterocycles. The van der Waals surface area contributed by atoms with Crippen molar-refractivity contribution in [3.8, 4) is 5.75 Å². The van der Waals surface area contributed by atoms with Crippen molar-refractivity contribution < 1.29 is 4.74 Å². The van der Waals surface area contributed by atoms with Gasteiger partial charge in [-0.05, 0) is 35.4 Å². The standard InChI is InChI=1S/C21H21NO/c22-19-11-13-20(14-12-19)23-21(15-17-7-3-1-4-8-17)16-18-9-5-2-6-10-18/h1-14,21H,15-16,22H2. The second-order valence-electron chi connectivity index (χ2n) is 5.69. The normalized spacial score (nSPS) is 10.7. The van der Waals surface area contributed by atoms with Gasteiger partial charge in [0.25, 0.3) is 0 Å². The maximum Gasteiger partial charge on any atom is 0.119 e. The zero-order valence-corrected chi connectivity index (χ0v) is 13.1. The van der Waals surface area contributed by atoms with Crippen LogP contribution in [-0.4, -0.2) is 6.10 Å². The third-order valence-electron chi connectivity index (χ3n) is 3.80. The minimum absolute atomic E-state index is 0.0865. The first-order valence-corrected chi connectivity index (χ1v) is 7.89. The van der Waals surface area contributed by atoms with Gasteiger partial charge in [-0.15, -0.1) is 0 Å². The van der Waals surface area contributed by atoms with Crippen molar-refractivity contribution in [1.29, 1.82) is 0 Å². The number of benzene rings is 3. The highest BCUT2D eigenvalue weighted by Gasteiger charge is 2.13. The molecule has 0 aliphatic heterocycles. The summed E-state index contributed by atoms with van der Waals surface area (Å²) in [4.78, 5) is 0. The first-order chi connectivity index (χ1) is 11.3. The molecule has 0 heterocycles.